The van der Waals surface area contributed by atoms with Crippen molar-refractivity contribution in [1.82, 2.24) is 19.1 Å². The van der Waals surface area contributed by atoms with Crippen LogP contribution in [0.2, 0.25) is 0 Å². The summed E-state index contributed by atoms with van der Waals surface area (Å²) in [5.41, 5.74) is 1.17. The Hall–Kier alpha value is -3.52. The maximum atomic E-state index is 13.5. The van der Waals surface area contributed by atoms with Crippen LogP contribution in [0.1, 0.15) is 18.4 Å². The van der Waals surface area contributed by atoms with Crippen LogP contribution in [0.5, 0.6) is 0 Å². The summed E-state index contributed by atoms with van der Waals surface area (Å²) in [6.45, 7) is 1.38. The minimum Gasteiger partial charge on any atom is -0.376 e. The number of aromatic amines is 1. The Morgan fingerprint density at radius 1 is 1.06 bits per heavy atom. The molecule has 31 heavy (non-hydrogen) atoms. The van der Waals surface area contributed by atoms with Gasteiger partial charge in [-0.1, -0.05) is 30.3 Å². The molecule has 1 atom stereocenters. The van der Waals surface area contributed by atoms with Gasteiger partial charge < -0.3 is 9.30 Å². The fraction of sp³-hybridized carbons (Fsp3) is 0.261. The van der Waals surface area contributed by atoms with Crippen molar-refractivity contribution in [2.24, 2.45) is 0 Å². The molecule has 1 saturated heterocycles. The molecule has 5 rings (SSSR count). The number of nitrogens with zero attached hydrogens (tertiary/aromatic N) is 3. The summed E-state index contributed by atoms with van der Waals surface area (Å²) in [5, 5.41) is 0. The summed E-state index contributed by atoms with van der Waals surface area (Å²) < 4.78 is 22.5. The maximum Gasteiger partial charge on any atom is 0.330 e. The van der Waals surface area contributed by atoms with Crippen molar-refractivity contribution in [3.05, 3.63) is 86.8 Å². The zero-order chi connectivity index (χ0) is 21.4. The molecule has 1 aliphatic heterocycles. The number of hydrogen-bond donors (Lipinski definition) is 1. The van der Waals surface area contributed by atoms with E-state index < -0.39 is 11.2 Å². The van der Waals surface area contributed by atoms with E-state index in [0.717, 1.165) is 18.4 Å². The van der Waals surface area contributed by atoms with E-state index in [1.165, 1.54) is 16.7 Å². The van der Waals surface area contributed by atoms with Gasteiger partial charge in [0.2, 0.25) is 0 Å². The average Bonchev–Trinajstić information content (AvgIpc) is 3.41. The van der Waals surface area contributed by atoms with Gasteiger partial charge in [-0.15, -0.1) is 0 Å². The third-order valence-electron chi connectivity index (χ3n) is 5.58. The predicted molar refractivity (Wildman–Crippen MR) is 115 cm³/mol. The van der Waals surface area contributed by atoms with Gasteiger partial charge >= 0.3 is 5.69 Å². The molecule has 0 saturated carbocycles. The van der Waals surface area contributed by atoms with Crippen molar-refractivity contribution < 1.29 is 9.13 Å². The van der Waals surface area contributed by atoms with Crippen LogP contribution >= 0.6 is 0 Å². The zero-order valence-corrected chi connectivity index (χ0v) is 16.8. The number of ether oxygens (including phenoxy) is 1. The number of imidazole rings is 1. The molecule has 0 radical (unpaired) electrons. The van der Waals surface area contributed by atoms with Crippen LogP contribution in [-0.2, 0) is 17.8 Å². The van der Waals surface area contributed by atoms with Crippen molar-refractivity contribution in [3.63, 3.8) is 0 Å². The first-order valence-corrected chi connectivity index (χ1v) is 10.2. The lowest BCUT2D eigenvalue weighted by atomic mass is 10.2. The SMILES string of the molecule is O=c1[nH]c(=O)n(Cc2ccccc2)c2nc(-c3ccc(F)cc3)n(C[C@H]3CCCO3)c12. The fourth-order valence-corrected chi connectivity index (χ4v) is 4.07. The first-order valence-electron chi connectivity index (χ1n) is 10.2. The quantitative estimate of drug-likeness (QED) is 0.538. The molecule has 1 fully saturated rings. The minimum absolute atomic E-state index is 0.0505. The molecule has 0 unspecified atom stereocenters. The van der Waals surface area contributed by atoms with E-state index in [4.69, 9.17) is 9.72 Å². The van der Waals surface area contributed by atoms with Crippen LogP contribution < -0.4 is 11.2 Å². The van der Waals surface area contributed by atoms with E-state index in [2.05, 4.69) is 4.98 Å². The molecule has 0 aliphatic carbocycles. The Balaban J connectivity index is 1.73. The Labute approximate surface area is 176 Å². The number of halogens is 1. The third kappa shape index (κ3) is 3.70. The lowest BCUT2D eigenvalue weighted by molar-refractivity contribution is 0.0982. The van der Waals surface area contributed by atoms with Crippen molar-refractivity contribution in [2.75, 3.05) is 6.61 Å². The second-order valence-electron chi connectivity index (χ2n) is 7.69. The van der Waals surface area contributed by atoms with Gasteiger partial charge in [0.25, 0.3) is 5.56 Å². The van der Waals surface area contributed by atoms with Crippen molar-refractivity contribution in [2.45, 2.75) is 32.0 Å². The van der Waals surface area contributed by atoms with E-state index >= 15 is 0 Å². The molecule has 3 heterocycles. The van der Waals surface area contributed by atoms with Crippen LogP contribution in [0.4, 0.5) is 4.39 Å². The molecule has 4 aromatic rings. The summed E-state index contributed by atoms with van der Waals surface area (Å²) in [6, 6.07) is 15.5. The summed E-state index contributed by atoms with van der Waals surface area (Å²) in [5.74, 6) is 0.146. The molecular weight excluding hydrogens is 399 g/mol. The number of aromatic nitrogens is 4. The minimum atomic E-state index is -0.520. The Morgan fingerprint density at radius 2 is 1.84 bits per heavy atom. The lowest BCUT2D eigenvalue weighted by Gasteiger charge is -2.14. The second kappa shape index (κ2) is 7.96. The van der Waals surface area contributed by atoms with Gasteiger partial charge in [-0.05, 0) is 42.7 Å². The Kier molecular flexibility index (Phi) is 4.99. The number of nitrogens with one attached hydrogen (secondary N) is 1. The van der Waals surface area contributed by atoms with Crippen molar-refractivity contribution in [1.29, 1.82) is 0 Å². The zero-order valence-electron chi connectivity index (χ0n) is 16.8. The standard InChI is InChI=1S/C23H21FN4O3/c24-17-10-8-16(9-11-17)20-25-21-19(27(20)14-18-7-4-12-31-18)22(29)26-23(30)28(21)13-15-5-2-1-3-6-15/h1-3,5-6,8-11,18H,4,7,12-14H2,(H,26,29,30)/t18-/m1/s1. The van der Waals surface area contributed by atoms with E-state index in [0.29, 0.717) is 35.7 Å². The van der Waals surface area contributed by atoms with Gasteiger partial charge in [0.1, 0.15) is 11.6 Å². The average molecular weight is 420 g/mol. The number of hydrogen-bond acceptors (Lipinski definition) is 4. The molecule has 0 bridgehead atoms. The van der Waals surface area contributed by atoms with Gasteiger partial charge in [0.15, 0.2) is 11.2 Å². The van der Waals surface area contributed by atoms with E-state index in [9.17, 15) is 14.0 Å². The Bertz CT molecular complexity index is 1330. The highest BCUT2D eigenvalue weighted by Gasteiger charge is 2.24. The largest absolute Gasteiger partial charge is 0.376 e. The van der Waals surface area contributed by atoms with Gasteiger partial charge in [0.05, 0.1) is 19.2 Å². The van der Waals surface area contributed by atoms with Gasteiger partial charge in [-0.3, -0.25) is 14.3 Å². The van der Waals surface area contributed by atoms with Crippen LogP contribution in [0, 0.1) is 5.82 Å². The normalized spacial score (nSPS) is 16.2. The second-order valence-corrected chi connectivity index (χ2v) is 7.69. The van der Waals surface area contributed by atoms with Gasteiger partial charge in [-0.25, -0.2) is 14.2 Å². The molecule has 8 heteroatoms. The first kappa shape index (κ1) is 19.4. The highest BCUT2D eigenvalue weighted by molar-refractivity contribution is 5.77. The lowest BCUT2D eigenvalue weighted by Crippen LogP contribution is -2.32. The fourth-order valence-electron chi connectivity index (χ4n) is 4.07. The number of fused-ring (bicyclic) bond motifs is 1. The number of H-pyrrole nitrogens is 1. The predicted octanol–water partition coefficient (Wildman–Crippen LogP) is 2.92. The van der Waals surface area contributed by atoms with Crippen molar-refractivity contribution in [3.8, 4) is 11.4 Å². The first-order chi connectivity index (χ1) is 15.1. The molecule has 0 spiro atoms. The summed E-state index contributed by atoms with van der Waals surface area (Å²) in [7, 11) is 0. The van der Waals surface area contributed by atoms with E-state index in [1.54, 1.807) is 16.7 Å². The summed E-state index contributed by atoms with van der Waals surface area (Å²) in [4.78, 5) is 32.7. The van der Waals surface area contributed by atoms with Crippen LogP contribution in [0.25, 0.3) is 22.6 Å². The highest BCUT2D eigenvalue weighted by atomic mass is 19.1. The van der Waals surface area contributed by atoms with Crippen LogP contribution in [0.3, 0.4) is 0 Å². The summed E-state index contributed by atoms with van der Waals surface area (Å²) in [6.07, 6.45) is 1.79. The Morgan fingerprint density at radius 3 is 2.55 bits per heavy atom. The van der Waals surface area contributed by atoms with Crippen molar-refractivity contribution >= 4 is 11.2 Å². The molecule has 2 aromatic carbocycles. The maximum absolute atomic E-state index is 13.5. The molecule has 158 valence electrons. The topological polar surface area (TPSA) is 81.9 Å². The molecule has 0 amide bonds. The number of benzene rings is 2. The molecule has 7 nitrogen and oxygen atoms in total. The van der Waals surface area contributed by atoms with Gasteiger partial charge in [-0.2, -0.15) is 0 Å². The van der Waals surface area contributed by atoms with E-state index in [-0.39, 0.29) is 18.5 Å². The van der Waals surface area contributed by atoms with E-state index in [1.807, 2.05) is 30.3 Å². The smallest absolute Gasteiger partial charge is 0.330 e. The monoisotopic (exact) mass is 420 g/mol. The molecule has 1 N–H and O–H groups in total. The van der Waals surface area contributed by atoms with Crippen LogP contribution in [-0.4, -0.2) is 31.8 Å². The summed E-state index contributed by atoms with van der Waals surface area (Å²) >= 11 is 0. The molecular formula is C23H21FN4O3. The third-order valence-corrected chi connectivity index (χ3v) is 5.58. The molecule has 2 aromatic heterocycles. The van der Waals surface area contributed by atoms with Crippen LogP contribution in [0.15, 0.2) is 64.2 Å². The number of rotatable bonds is 5. The molecule has 1 aliphatic rings. The van der Waals surface area contributed by atoms with Gasteiger partial charge in [0, 0.05) is 12.2 Å². The highest BCUT2D eigenvalue weighted by Crippen LogP contribution is 2.26.